The topological polar surface area (TPSA) is 59.4 Å². The molecule has 1 aliphatic rings. The summed E-state index contributed by atoms with van der Waals surface area (Å²) in [5.74, 6) is 4.41. The quantitative estimate of drug-likeness (QED) is 0.508. The molecule has 0 amide bonds. The highest BCUT2D eigenvalue weighted by atomic mass is 19.1. The highest BCUT2D eigenvalue weighted by Crippen LogP contribution is 2.35. The van der Waals surface area contributed by atoms with E-state index >= 15 is 0 Å². The minimum Gasteiger partial charge on any atom is -0.465 e. The number of pyridine rings is 1. The molecule has 2 aromatic carbocycles. The maximum atomic E-state index is 13.6. The molecule has 4 rings (SSSR count). The van der Waals surface area contributed by atoms with Crippen LogP contribution in [0.2, 0.25) is 0 Å². The number of esters is 1. The summed E-state index contributed by atoms with van der Waals surface area (Å²) in [5, 5.41) is 11.1. The van der Waals surface area contributed by atoms with Crippen LogP contribution >= 0.6 is 0 Å². The van der Waals surface area contributed by atoms with Crippen molar-refractivity contribution in [3.05, 3.63) is 65.6 Å². The molecular formula is C25H22FNO3. The number of hydrogen-bond donors (Lipinski definition) is 1. The number of rotatable bonds is 2. The molecular weight excluding hydrogens is 381 g/mol. The van der Waals surface area contributed by atoms with E-state index in [1.165, 1.54) is 12.1 Å². The summed E-state index contributed by atoms with van der Waals surface area (Å²) in [4.78, 5) is 16.9. The number of ether oxygens (including phenoxy) is 1. The molecule has 1 saturated heterocycles. The molecule has 0 aliphatic carbocycles. The smallest absolute Gasteiger partial charge is 0.323 e. The van der Waals surface area contributed by atoms with Crippen LogP contribution in [-0.2, 0) is 9.53 Å². The maximum absolute atomic E-state index is 13.6. The second-order valence-corrected chi connectivity index (χ2v) is 7.70. The standard InChI is InChI=1S/C25H22FNO3/c1-15(2)24-20(12-11-19-22(28)13-14-30-25(19)29)23(16-7-9-17(26)10-8-16)18-5-3-4-6-21(18)27-24/h3-10,15,19,22,28H,13-14H2,1-2H3. The van der Waals surface area contributed by atoms with Crippen molar-refractivity contribution in [1.29, 1.82) is 0 Å². The van der Waals surface area contributed by atoms with Gasteiger partial charge in [-0.05, 0) is 29.7 Å². The Bertz CT molecular complexity index is 1160. The molecule has 0 bridgehead atoms. The van der Waals surface area contributed by atoms with Crippen molar-refractivity contribution in [2.24, 2.45) is 5.92 Å². The van der Waals surface area contributed by atoms with Gasteiger partial charge in [0, 0.05) is 17.4 Å². The first-order valence-corrected chi connectivity index (χ1v) is 10.0. The molecule has 0 radical (unpaired) electrons. The Morgan fingerprint density at radius 1 is 1.17 bits per heavy atom. The number of aliphatic hydroxyl groups is 1. The van der Waals surface area contributed by atoms with E-state index in [1.54, 1.807) is 12.1 Å². The molecule has 1 aliphatic heterocycles. The lowest BCUT2D eigenvalue weighted by molar-refractivity contribution is -0.156. The summed E-state index contributed by atoms with van der Waals surface area (Å²) in [6.45, 7) is 4.26. The van der Waals surface area contributed by atoms with Gasteiger partial charge in [0.05, 0.1) is 29.5 Å². The number of carbonyl (C=O) groups is 1. The number of carbonyl (C=O) groups excluding carboxylic acids is 1. The molecule has 2 atom stereocenters. The van der Waals surface area contributed by atoms with E-state index < -0.39 is 18.0 Å². The molecule has 152 valence electrons. The largest absolute Gasteiger partial charge is 0.465 e. The monoisotopic (exact) mass is 403 g/mol. The molecule has 2 unspecified atom stereocenters. The van der Waals surface area contributed by atoms with E-state index in [0.717, 1.165) is 27.7 Å². The molecule has 1 N–H and O–H groups in total. The van der Waals surface area contributed by atoms with Crippen LogP contribution in [0.15, 0.2) is 48.5 Å². The second kappa shape index (κ2) is 8.25. The lowest BCUT2D eigenvalue weighted by Crippen LogP contribution is -2.35. The number of aromatic nitrogens is 1. The van der Waals surface area contributed by atoms with Gasteiger partial charge < -0.3 is 9.84 Å². The van der Waals surface area contributed by atoms with Crippen molar-refractivity contribution in [3.63, 3.8) is 0 Å². The van der Waals surface area contributed by atoms with Gasteiger partial charge in [-0.25, -0.2) is 4.39 Å². The van der Waals surface area contributed by atoms with Crippen LogP contribution < -0.4 is 0 Å². The fraction of sp³-hybridized carbons (Fsp3) is 0.280. The van der Waals surface area contributed by atoms with Crippen LogP contribution in [0.25, 0.3) is 22.0 Å². The number of hydrogen-bond acceptors (Lipinski definition) is 4. The normalized spacial score (nSPS) is 18.8. The number of nitrogens with zero attached hydrogens (tertiary/aromatic N) is 1. The first-order valence-electron chi connectivity index (χ1n) is 10.0. The molecule has 1 fully saturated rings. The van der Waals surface area contributed by atoms with Gasteiger partial charge in [0.2, 0.25) is 0 Å². The average Bonchev–Trinajstić information content (AvgIpc) is 2.73. The number of fused-ring (bicyclic) bond motifs is 1. The molecule has 1 aromatic heterocycles. The van der Waals surface area contributed by atoms with Gasteiger partial charge in [0.15, 0.2) is 0 Å². The van der Waals surface area contributed by atoms with Gasteiger partial charge >= 0.3 is 5.97 Å². The fourth-order valence-corrected chi connectivity index (χ4v) is 3.69. The third kappa shape index (κ3) is 3.79. The summed E-state index contributed by atoms with van der Waals surface area (Å²) in [6.07, 6.45) is -0.493. The predicted octanol–water partition coefficient (Wildman–Crippen LogP) is 4.44. The van der Waals surface area contributed by atoms with E-state index in [2.05, 4.69) is 11.8 Å². The Balaban J connectivity index is 1.98. The van der Waals surface area contributed by atoms with Crippen LogP contribution in [0.4, 0.5) is 4.39 Å². The molecule has 30 heavy (non-hydrogen) atoms. The molecule has 0 spiro atoms. The summed E-state index contributed by atoms with van der Waals surface area (Å²) in [7, 11) is 0. The number of cyclic esters (lactones) is 1. The summed E-state index contributed by atoms with van der Waals surface area (Å²) >= 11 is 0. The minimum absolute atomic E-state index is 0.0707. The van der Waals surface area contributed by atoms with E-state index in [-0.39, 0.29) is 18.3 Å². The summed E-state index contributed by atoms with van der Waals surface area (Å²) < 4.78 is 18.6. The van der Waals surface area contributed by atoms with Gasteiger partial charge in [-0.15, -0.1) is 0 Å². The van der Waals surface area contributed by atoms with Crippen molar-refractivity contribution in [1.82, 2.24) is 4.98 Å². The van der Waals surface area contributed by atoms with Crippen LogP contribution in [-0.4, -0.2) is 28.8 Å². The van der Waals surface area contributed by atoms with Gasteiger partial charge in [-0.2, -0.15) is 0 Å². The molecule has 5 heteroatoms. The highest BCUT2D eigenvalue weighted by molar-refractivity contribution is 5.98. The van der Waals surface area contributed by atoms with E-state index in [1.807, 2.05) is 38.1 Å². The molecule has 2 heterocycles. The van der Waals surface area contributed by atoms with E-state index in [4.69, 9.17) is 9.72 Å². The minimum atomic E-state index is -0.897. The average molecular weight is 403 g/mol. The number of aliphatic hydroxyl groups excluding tert-OH is 1. The maximum Gasteiger partial charge on any atom is 0.323 e. The van der Waals surface area contributed by atoms with E-state index in [9.17, 15) is 14.3 Å². The number of para-hydroxylation sites is 1. The van der Waals surface area contributed by atoms with Crippen LogP contribution in [0.1, 0.15) is 37.4 Å². The van der Waals surface area contributed by atoms with Gasteiger partial charge in [0.1, 0.15) is 11.7 Å². The predicted molar refractivity (Wildman–Crippen MR) is 113 cm³/mol. The third-order valence-electron chi connectivity index (χ3n) is 5.25. The fourth-order valence-electron chi connectivity index (χ4n) is 3.69. The SMILES string of the molecule is CC(C)c1nc2ccccc2c(-c2ccc(F)cc2)c1C#CC1C(=O)OCCC1O. The molecule has 4 nitrogen and oxygen atoms in total. The lowest BCUT2D eigenvalue weighted by Gasteiger charge is -2.22. The zero-order valence-electron chi connectivity index (χ0n) is 16.9. The van der Waals surface area contributed by atoms with Crippen molar-refractivity contribution < 1.29 is 19.0 Å². The zero-order chi connectivity index (χ0) is 21.3. The third-order valence-corrected chi connectivity index (χ3v) is 5.25. The first kappa shape index (κ1) is 20.1. The van der Waals surface area contributed by atoms with Crippen molar-refractivity contribution >= 4 is 16.9 Å². The number of halogens is 1. The molecule has 0 saturated carbocycles. The van der Waals surface area contributed by atoms with Gasteiger partial charge in [-0.1, -0.05) is 56.0 Å². The van der Waals surface area contributed by atoms with Crippen molar-refractivity contribution in [2.75, 3.05) is 6.61 Å². The zero-order valence-corrected chi connectivity index (χ0v) is 16.9. The van der Waals surface area contributed by atoms with Crippen molar-refractivity contribution in [2.45, 2.75) is 32.3 Å². The Morgan fingerprint density at radius 2 is 1.90 bits per heavy atom. The van der Waals surface area contributed by atoms with Gasteiger partial charge in [0.25, 0.3) is 0 Å². The lowest BCUT2D eigenvalue weighted by atomic mass is 9.90. The highest BCUT2D eigenvalue weighted by Gasteiger charge is 2.31. The van der Waals surface area contributed by atoms with Crippen LogP contribution in [0, 0.1) is 23.6 Å². The first-order chi connectivity index (χ1) is 14.5. The Labute approximate surface area is 174 Å². The van der Waals surface area contributed by atoms with E-state index in [0.29, 0.717) is 12.0 Å². The summed E-state index contributed by atoms with van der Waals surface area (Å²) in [6, 6.07) is 14.0. The summed E-state index contributed by atoms with van der Waals surface area (Å²) in [5.41, 5.74) is 3.95. The van der Waals surface area contributed by atoms with Crippen LogP contribution in [0.3, 0.4) is 0 Å². The van der Waals surface area contributed by atoms with Gasteiger partial charge in [-0.3, -0.25) is 9.78 Å². The Hall–Kier alpha value is -3.23. The second-order valence-electron chi connectivity index (χ2n) is 7.70. The van der Waals surface area contributed by atoms with Crippen molar-refractivity contribution in [3.8, 4) is 23.0 Å². The van der Waals surface area contributed by atoms with Crippen LogP contribution in [0.5, 0.6) is 0 Å². The molecule has 3 aromatic rings. The Morgan fingerprint density at radius 3 is 2.60 bits per heavy atom. The number of benzene rings is 2. The Kier molecular flexibility index (Phi) is 5.52.